The molecule has 1 aromatic heterocycles. The zero-order valence-electron chi connectivity index (χ0n) is 12.2. The van der Waals surface area contributed by atoms with Crippen LogP contribution in [0.2, 0.25) is 0 Å². The van der Waals surface area contributed by atoms with Crippen LogP contribution in [0, 0.1) is 13.8 Å². The molecule has 0 saturated carbocycles. The minimum Gasteiger partial charge on any atom is -0.427 e. The Morgan fingerprint density at radius 2 is 1.53 bits per heavy atom. The van der Waals surface area contributed by atoms with Gasteiger partial charge in [-0.3, -0.25) is 0 Å². The summed E-state index contributed by atoms with van der Waals surface area (Å²) in [6.07, 6.45) is 0. The van der Waals surface area contributed by atoms with Crippen molar-refractivity contribution < 1.29 is 4.42 Å². The van der Waals surface area contributed by atoms with E-state index in [0.717, 1.165) is 22.5 Å². The monoisotopic (exact) mass is 256 g/mol. The molecule has 0 amide bonds. The van der Waals surface area contributed by atoms with Crippen LogP contribution in [0.4, 0.5) is 0 Å². The molecule has 0 fully saturated rings. The van der Waals surface area contributed by atoms with E-state index in [9.17, 15) is 4.79 Å². The van der Waals surface area contributed by atoms with Crippen molar-refractivity contribution in [2.24, 2.45) is 0 Å². The van der Waals surface area contributed by atoms with Crippen LogP contribution in [0.5, 0.6) is 0 Å². The van der Waals surface area contributed by atoms with Crippen LogP contribution in [0.3, 0.4) is 0 Å². The fraction of sp³-hybridized carbons (Fsp3) is 0.353. The van der Waals surface area contributed by atoms with Gasteiger partial charge < -0.3 is 4.42 Å². The molecule has 0 atom stereocenters. The first-order valence-corrected chi connectivity index (χ1v) is 6.52. The molecule has 0 N–H and O–H groups in total. The molecule has 1 heterocycles. The van der Waals surface area contributed by atoms with Crippen molar-refractivity contribution >= 4 is 0 Å². The van der Waals surface area contributed by atoms with E-state index >= 15 is 0 Å². The molecule has 2 heteroatoms. The van der Waals surface area contributed by atoms with E-state index < -0.39 is 0 Å². The molecule has 0 saturated heterocycles. The van der Waals surface area contributed by atoms with Crippen LogP contribution >= 0.6 is 0 Å². The molecule has 0 radical (unpaired) electrons. The Bertz CT molecular complexity index is 643. The maximum absolute atomic E-state index is 12.1. The van der Waals surface area contributed by atoms with Gasteiger partial charge in [0.1, 0.15) is 5.76 Å². The average Bonchev–Trinajstić information content (AvgIpc) is 2.34. The first kappa shape index (κ1) is 13.6. The highest BCUT2D eigenvalue weighted by atomic mass is 16.4. The van der Waals surface area contributed by atoms with Crippen LogP contribution < -0.4 is 5.63 Å². The van der Waals surface area contributed by atoms with Crippen LogP contribution in [-0.4, -0.2) is 0 Å². The molecule has 0 aliphatic carbocycles. The van der Waals surface area contributed by atoms with Crippen LogP contribution in [0.1, 0.15) is 37.7 Å². The second-order valence-electron chi connectivity index (χ2n) is 5.96. The van der Waals surface area contributed by atoms with Crippen molar-refractivity contribution in [2.75, 3.05) is 0 Å². The summed E-state index contributed by atoms with van der Waals surface area (Å²) >= 11 is 0. The Morgan fingerprint density at radius 3 is 2.05 bits per heavy atom. The number of hydrogen-bond acceptors (Lipinski definition) is 2. The first-order valence-electron chi connectivity index (χ1n) is 6.52. The lowest BCUT2D eigenvalue weighted by atomic mass is 9.86. The quantitative estimate of drug-likeness (QED) is 0.764. The third kappa shape index (κ3) is 2.48. The minimum absolute atomic E-state index is 0.180. The molecule has 2 rings (SSSR count). The molecule has 0 aliphatic heterocycles. The van der Waals surface area contributed by atoms with Crippen molar-refractivity contribution in [1.82, 2.24) is 0 Å². The van der Waals surface area contributed by atoms with Gasteiger partial charge in [-0.25, -0.2) is 4.79 Å². The average molecular weight is 256 g/mol. The van der Waals surface area contributed by atoms with Crippen molar-refractivity contribution in [3.63, 3.8) is 0 Å². The zero-order valence-corrected chi connectivity index (χ0v) is 12.2. The van der Waals surface area contributed by atoms with Crippen LogP contribution in [0.15, 0.2) is 39.5 Å². The van der Waals surface area contributed by atoms with E-state index in [1.54, 1.807) is 0 Å². The summed E-state index contributed by atoms with van der Waals surface area (Å²) in [7, 11) is 0. The lowest BCUT2D eigenvalue weighted by Crippen LogP contribution is -2.19. The number of benzene rings is 1. The smallest absolute Gasteiger partial charge is 0.339 e. The molecule has 0 bridgehead atoms. The molecule has 19 heavy (non-hydrogen) atoms. The number of hydrogen-bond donors (Lipinski definition) is 0. The normalized spacial score (nSPS) is 11.6. The molecular formula is C17H20O2. The van der Waals surface area contributed by atoms with Gasteiger partial charge >= 0.3 is 5.63 Å². The van der Waals surface area contributed by atoms with Gasteiger partial charge in [-0.1, -0.05) is 51.1 Å². The Labute approximate surface area is 114 Å². The maximum atomic E-state index is 12.1. The zero-order chi connectivity index (χ0) is 14.2. The third-order valence-corrected chi connectivity index (χ3v) is 3.34. The standard InChI is InChI=1S/C17H20O2/c1-11-14(13-9-7-6-8-10-13)12(2)16(18)19-15(11)17(3,4)5/h6-10H,1-5H3. The Hall–Kier alpha value is -1.83. The SMILES string of the molecule is Cc1c(C(C)(C)C)oc(=O)c(C)c1-c1ccccc1. The molecule has 0 unspecified atom stereocenters. The van der Waals surface area contributed by atoms with Crippen molar-refractivity contribution in [1.29, 1.82) is 0 Å². The molecule has 0 spiro atoms. The number of rotatable bonds is 1. The van der Waals surface area contributed by atoms with Crippen LogP contribution in [-0.2, 0) is 5.41 Å². The Balaban J connectivity index is 2.82. The van der Waals surface area contributed by atoms with Crippen LogP contribution in [0.25, 0.3) is 11.1 Å². The van der Waals surface area contributed by atoms with E-state index in [2.05, 4.69) is 20.8 Å². The summed E-state index contributed by atoms with van der Waals surface area (Å²) < 4.78 is 5.51. The first-order chi connectivity index (χ1) is 8.82. The van der Waals surface area contributed by atoms with Gasteiger partial charge in [0.15, 0.2) is 0 Å². The summed E-state index contributed by atoms with van der Waals surface area (Å²) in [5.41, 5.74) is 3.38. The van der Waals surface area contributed by atoms with Gasteiger partial charge in [0, 0.05) is 11.0 Å². The summed E-state index contributed by atoms with van der Waals surface area (Å²) in [6.45, 7) is 10.0. The molecule has 1 aromatic carbocycles. The fourth-order valence-corrected chi connectivity index (χ4v) is 2.50. The topological polar surface area (TPSA) is 30.2 Å². The van der Waals surface area contributed by atoms with Crippen molar-refractivity contribution in [3.8, 4) is 11.1 Å². The Kier molecular flexibility index (Phi) is 3.36. The highest BCUT2D eigenvalue weighted by molar-refractivity contribution is 5.70. The van der Waals surface area contributed by atoms with E-state index in [1.165, 1.54) is 0 Å². The van der Waals surface area contributed by atoms with Crippen molar-refractivity contribution in [2.45, 2.75) is 40.0 Å². The van der Waals surface area contributed by atoms with Gasteiger partial charge in [0.2, 0.25) is 0 Å². The lowest BCUT2D eigenvalue weighted by Gasteiger charge is -2.22. The molecule has 2 aromatic rings. The third-order valence-electron chi connectivity index (χ3n) is 3.34. The molecule has 100 valence electrons. The fourth-order valence-electron chi connectivity index (χ4n) is 2.50. The van der Waals surface area contributed by atoms with Gasteiger partial charge in [-0.05, 0) is 30.5 Å². The summed E-state index contributed by atoms with van der Waals surface area (Å²) in [6, 6.07) is 10.0. The summed E-state index contributed by atoms with van der Waals surface area (Å²) in [5.74, 6) is 0.766. The maximum Gasteiger partial charge on any atom is 0.339 e. The second kappa shape index (κ2) is 4.69. The van der Waals surface area contributed by atoms with Gasteiger partial charge in [-0.2, -0.15) is 0 Å². The second-order valence-corrected chi connectivity index (χ2v) is 5.96. The summed E-state index contributed by atoms with van der Waals surface area (Å²) in [4.78, 5) is 12.1. The predicted octanol–water partition coefficient (Wildman–Crippen LogP) is 4.22. The highest BCUT2D eigenvalue weighted by Gasteiger charge is 2.24. The minimum atomic E-state index is -0.241. The molecular weight excluding hydrogens is 236 g/mol. The largest absolute Gasteiger partial charge is 0.427 e. The molecule has 0 aliphatic rings. The van der Waals surface area contributed by atoms with Gasteiger partial charge in [0.25, 0.3) is 0 Å². The van der Waals surface area contributed by atoms with E-state index in [4.69, 9.17) is 4.42 Å². The summed E-state index contributed by atoms with van der Waals surface area (Å²) in [5, 5.41) is 0. The van der Waals surface area contributed by atoms with Crippen molar-refractivity contribution in [3.05, 3.63) is 57.6 Å². The predicted molar refractivity (Wildman–Crippen MR) is 78.6 cm³/mol. The van der Waals surface area contributed by atoms with Gasteiger partial charge in [-0.15, -0.1) is 0 Å². The lowest BCUT2D eigenvalue weighted by molar-refractivity contribution is 0.371. The van der Waals surface area contributed by atoms with E-state index in [0.29, 0.717) is 5.56 Å². The van der Waals surface area contributed by atoms with E-state index in [1.807, 2.05) is 44.2 Å². The molecule has 2 nitrogen and oxygen atoms in total. The van der Waals surface area contributed by atoms with Gasteiger partial charge in [0.05, 0.1) is 0 Å². The highest BCUT2D eigenvalue weighted by Crippen LogP contribution is 2.32. The Morgan fingerprint density at radius 1 is 0.947 bits per heavy atom. The van der Waals surface area contributed by atoms with E-state index in [-0.39, 0.29) is 11.0 Å².